The maximum absolute atomic E-state index is 12.1. The summed E-state index contributed by atoms with van der Waals surface area (Å²) in [5.74, 6) is 1.63. The number of nitrogens with one attached hydrogen (secondary N) is 2. The first-order valence-electron chi connectivity index (χ1n) is 8.12. The van der Waals surface area contributed by atoms with Crippen molar-refractivity contribution in [2.75, 3.05) is 0 Å². The third-order valence-electron chi connectivity index (χ3n) is 3.63. The van der Waals surface area contributed by atoms with Gasteiger partial charge < -0.3 is 13.7 Å². The first-order valence-corrected chi connectivity index (χ1v) is 8.12. The van der Waals surface area contributed by atoms with Crippen LogP contribution in [-0.2, 0) is 6.61 Å². The summed E-state index contributed by atoms with van der Waals surface area (Å²) < 4.78 is 15.7. The van der Waals surface area contributed by atoms with E-state index in [9.17, 15) is 9.59 Å². The SMILES string of the molecule is Cc1cc(C(=O)NNC(=O)c2ccc(OCc3noc(C)n3)cc2)c(C)o1. The summed E-state index contributed by atoms with van der Waals surface area (Å²) in [4.78, 5) is 28.2. The zero-order chi connectivity index (χ0) is 19.4. The molecule has 0 saturated carbocycles. The Labute approximate surface area is 154 Å². The lowest BCUT2D eigenvalue weighted by Gasteiger charge is -2.08. The van der Waals surface area contributed by atoms with Crippen LogP contribution in [-0.4, -0.2) is 22.0 Å². The Morgan fingerprint density at radius 2 is 1.78 bits per heavy atom. The molecule has 2 amide bonds. The van der Waals surface area contributed by atoms with Gasteiger partial charge in [0.05, 0.1) is 5.56 Å². The highest BCUT2D eigenvalue weighted by Gasteiger charge is 2.14. The molecule has 0 atom stereocenters. The minimum atomic E-state index is -0.457. The number of aryl methyl sites for hydroxylation is 3. The second-order valence-electron chi connectivity index (χ2n) is 5.78. The van der Waals surface area contributed by atoms with Gasteiger partial charge >= 0.3 is 0 Å². The molecule has 9 nitrogen and oxygen atoms in total. The zero-order valence-electron chi connectivity index (χ0n) is 15.0. The molecular weight excluding hydrogens is 352 g/mol. The normalized spacial score (nSPS) is 10.5. The Bertz CT molecular complexity index is 959. The largest absolute Gasteiger partial charge is 0.485 e. The maximum atomic E-state index is 12.1. The predicted molar refractivity (Wildman–Crippen MR) is 92.9 cm³/mol. The van der Waals surface area contributed by atoms with Gasteiger partial charge in [0.15, 0.2) is 6.61 Å². The molecule has 0 bridgehead atoms. The van der Waals surface area contributed by atoms with Gasteiger partial charge in [0, 0.05) is 12.5 Å². The second-order valence-corrected chi connectivity index (χ2v) is 5.78. The molecule has 0 radical (unpaired) electrons. The molecule has 27 heavy (non-hydrogen) atoms. The summed E-state index contributed by atoms with van der Waals surface area (Å²) in [6.07, 6.45) is 0. The molecular formula is C18H18N4O5. The van der Waals surface area contributed by atoms with E-state index in [4.69, 9.17) is 13.7 Å². The van der Waals surface area contributed by atoms with Gasteiger partial charge in [-0.15, -0.1) is 0 Å². The van der Waals surface area contributed by atoms with Crippen molar-refractivity contribution in [3.63, 3.8) is 0 Å². The Hall–Kier alpha value is -3.62. The molecule has 9 heteroatoms. The monoisotopic (exact) mass is 370 g/mol. The Morgan fingerprint density at radius 3 is 2.37 bits per heavy atom. The highest BCUT2D eigenvalue weighted by molar-refractivity contribution is 5.99. The highest BCUT2D eigenvalue weighted by atomic mass is 16.5. The van der Waals surface area contributed by atoms with Crippen LogP contribution in [0.25, 0.3) is 0 Å². The van der Waals surface area contributed by atoms with Crippen LogP contribution < -0.4 is 15.6 Å². The van der Waals surface area contributed by atoms with Crippen molar-refractivity contribution in [1.29, 1.82) is 0 Å². The van der Waals surface area contributed by atoms with Gasteiger partial charge in [0.1, 0.15) is 17.3 Å². The minimum Gasteiger partial charge on any atom is -0.485 e. The van der Waals surface area contributed by atoms with Crippen molar-refractivity contribution < 1.29 is 23.3 Å². The lowest BCUT2D eigenvalue weighted by atomic mass is 10.2. The molecule has 0 fully saturated rings. The van der Waals surface area contributed by atoms with Crippen molar-refractivity contribution in [1.82, 2.24) is 21.0 Å². The van der Waals surface area contributed by atoms with E-state index >= 15 is 0 Å². The Morgan fingerprint density at radius 1 is 1.07 bits per heavy atom. The number of ether oxygens (including phenoxy) is 1. The fourth-order valence-electron chi connectivity index (χ4n) is 2.36. The Kier molecular flexibility index (Phi) is 5.20. The van der Waals surface area contributed by atoms with E-state index in [0.29, 0.717) is 40.1 Å². The Balaban J connectivity index is 1.52. The highest BCUT2D eigenvalue weighted by Crippen LogP contribution is 2.14. The average molecular weight is 370 g/mol. The number of aromatic nitrogens is 2. The summed E-state index contributed by atoms with van der Waals surface area (Å²) in [7, 11) is 0. The number of hydrogen-bond acceptors (Lipinski definition) is 7. The van der Waals surface area contributed by atoms with Crippen LogP contribution in [0.15, 0.2) is 39.3 Å². The molecule has 3 rings (SSSR count). The van der Waals surface area contributed by atoms with Gasteiger partial charge in [0.2, 0.25) is 11.7 Å². The zero-order valence-corrected chi connectivity index (χ0v) is 15.0. The van der Waals surface area contributed by atoms with Gasteiger partial charge in [-0.3, -0.25) is 20.4 Å². The minimum absolute atomic E-state index is 0.155. The number of amides is 2. The van der Waals surface area contributed by atoms with Gasteiger partial charge in [-0.25, -0.2) is 0 Å². The van der Waals surface area contributed by atoms with Crippen molar-refractivity contribution in [3.8, 4) is 5.75 Å². The molecule has 2 N–H and O–H groups in total. The molecule has 0 spiro atoms. The number of benzene rings is 1. The van der Waals surface area contributed by atoms with E-state index in [1.54, 1.807) is 51.1 Å². The van der Waals surface area contributed by atoms with Crippen LogP contribution in [0, 0.1) is 20.8 Å². The van der Waals surface area contributed by atoms with Gasteiger partial charge in [-0.2, -0.15) is 4.98 Å². The van der Waals surface area contributed by atoms with Crippen LogP contribution >= 0.6 is 0 Å². The van der Waals surface area contributed by atoms with Crippen molar-refractivity contribution in [2.45, 2.75) is 27.4 Å². The van der Waals surface area contributed by atoms with Crippen LogP contribution in [0.2, 0.25) is 0 Å². The molecule has 0 aliphatic rings. The summed E-state index contributed by atoms with van der Waals surface area (Å²) in [6.45, 7) is 5.27. The predicted octanol–water partition coefficient (Wildman–Crippen LogP) is 2.24. The standard InChI is InChI=1S/C18H18N4O5/c1-10-8-15(11(2)26-10)18(24)21-20-17(23)13-4-6-14(7-5-13)25-9-16-19-12(3)27-22-16/h4-8H,9H2,1-3H3,(H,20,23)(H,21,24). The molecule has 2 aromatic heterocycles. The molecule has 0 unspecified atom stereocenters. The molecule has 0 aliphatic heterocycles. The first-order chi connectivity index (χ1) is 12.9. The van der Waals surface area contributed by atoms with Gasteiger partial charge in [-0.1, -0.05) is 5.16 Å². The number of furan rings is 1. The maximum Gasteiger partial charge on any atom is 0.273 e. The van der Waals surface area contributed by atoms with Gasteiger partial charge in [0.25, 0.3) is 11.8 Å². The molecule has 2 heterocycles. The molecule has 0 aliphatic carbocycles. The van der Waals surface area contributed by atoms with Crippen LogP contribution in [0.4, 0.5) is 0 Å². The number of nitrogens with zero attached hydrogens (tertiary/aromatic N) is 2. The fraction of sp³-hybridized carbons (Fsp3) is 0.222. The summed E-state index contributed by atoms with van der Waals surface area (Å²) in [5, 5.41) is 3.73. The van der Waals surface area contributed by atoms with Crippen molar-refractivity contribution in [3.05, 3.63) is 64.7 Å². The van der Waals surface area contributed by atoms with E-state index in [2.05, 4.69) is 21.0 Å². The van der Waals surface area contributed by atoms with Crippen LogP contribution in [0.1, 0.15) is 44.0 Å². The van der Waals surface area contributed by atoms with Crippen molar-refractivity contribution in [2.24, 2.45) is 0 Å². The third-order valence-corrected chi connectivity index (χ3v) is 3.63. The van der Waals surface area contributed by atoms with E-state index in [1.807, 2.05) is 0 Å². The molecule has 1 aromatic carbocycles. The lowest BCUT2D eigenvalue weighted by Crippen LogP contribution is -2.41. The molecule has 0 saturated heterocycles. The number of hydrazine groups is 1. The van der Waals surface area contributed by atoms with E-state index < -0.39 is 11.8 Å². The first kappa shape index (κ1) is 18.2. The topological polar surface area (TPSA) is 119 Å². The summed E-state index contributed by atoms with van der Waals surface area (Å²) in [6, 6.07) is 8.02. The third kappa shape index (κ3) is 4.51. The quantitative estimate of drug-likeness (QED) is 0.661. The number of carbonyl (C=O) groups is 2. The lowest BCUT2D eigenvalue weighted by molar-refractivity contribution is 0.0845. The van der Waals surface area contributed by atoms with Crippen LogP contribution in [0.3, 0.4) is 0 Å². The van der Waals surface area contributed by atoms with Crippen LogP contribution in [0.5, 0.6) is 5.75 Å². The number of carbonyl (C=O) groups excluding carboxylic acids is 2. The summed E-state index contributed by atoms with van der Waals surface area (Å²) in [5.41, 5.74) is 5.45. The second kappa shape index (κ2) is 7.73. The van der Waals surface area contributed by atoms with E-state index in [0.717, 1.165) is 0 Å². The number of hydrogen-bond donors (Lipinski definition) is 2. The van der Waals surface area contributed by atoms with Crippen molar-refractivity contribution >= 4 is 11.8 Å². The molecule has 140 valence electrons. The van der Waals surface area contributed by atoms with Gasteiger partial charge in [-0.05, 0) is 44.2 Å². The average Bonchev–Trinajstić information content (AvgIpc) is 3.22. The molecule has 3 aromatic rings. The number of rotatable bonds is 5. The fourth-order valence-corrected chi connectivity index (χ4v) is 2.36. The van der Waals surface area contributed by atoms with E-state index in [-0.39, 0.29) is 6.61 Å². The smallest absolute Gasteiger partial charge is 0.273 e. The summed E-state index contributed by atoms with van der Waals surface area (Å²) >= 11 is 0. The van der Waals surface area contributed by atoms with E-state index in [1.165, 1.54) is 0 Å².